The van der Waals surface area contributed by atoms with Crippen LogP contribution in [-0.4, -0.2) is 29.0 Å². The average molecular weight is 260 g/mol. The molecule has 0 saturated carbocycles. The van der Waals surface area contributed by atoms with Crippen LogP contribution in [0, 0.1) is 0 Å². The maximum absolute atomic E-state index is 10.2. The molecule has 3 rings (SSSR count). The summed E-state index contributed by atoms with van der Waals surface area (Å²) < 4.78 is 11.4. The average Bonchev–Trinajstić information content (AvgIpc) is 2.36. The van der Waals surface area contributed by atoms with E-state index in [0.29, 0.717) is 35.7 Å². The van der Waals surface area contributed by atoms with Crippen LogP contribution >= 0.6 is 0 Å². The van der Waals surface area contributed by atoms with Crippen molar-refractivity contribution in [2.24, 2.45) is 0 Å². The second kappa shape index (κ2) is 4.63. The van der Waals surface area contributed by atoms with Crippen LogP contribution in [0.25, 0.3) is 5.57 Å². The molecular formula is C15H16O4. The zero-order valence-electron chi connectivity index (χ0n) is 10.7. The Bertz CT molecular complexity index is 559. The molecule has 19 heavy (non-hydrogen) atoms. The number of ether oxygens (including phenoxy) is 2. The predicted molar refractivity (Wildman–Crippen MR) is 70.8 cm³/mol. The van der Waals surface area contributed by atoms with Gasteiger partial charge in [0, 0.05) is 5.57 Å². The lowest BCUT2D eigenvalue weighted by molar-refractivity contribution is 0.0975. The van der Waals surface area contributed by atoms with Crippen LogP contribution < -0.4 is 4.74 Å². The zero-order chi connectivity index (χ0) is 13.4. The van der Waals surface area contributed by atoms with E-state index in [9.17, 15) is 10.2 Å². The van der Waals surface area contributed by atoms with Crippen LogP contribution in [0.2, 0.25) is 0 Å². The first-order valence-electron chi connectivity index (χ1n) is 6.37. The standard InChI is InChI=1S/C15H16O4/c1-9-8-18-12-6-2-4-10(16)14(12)15-11(17)5-3-7-13(15)19-9/h2-3,5-7,9-10,16-17H,4,8H2,1H3/t9-,10+/m1/s1. The quantitative estimate of drug-likeness (QED) is 0.751. The van der Waals surface area contributed by atoms with Crippen LogP contribution in [0.5, 0.6) is 11.5 Å². The Balaban J connectivity index is 2.23. The van der Waals surface area contributed by atoms with Crippen molar-refractivity contribution in [1.29, 1.82) is 0 Å². The molecule has 0 spiro atoms. The summed E-state index contributed by atoms with van der Waals surface area (Å²) >= 11 is 0. The molecule has 0 radical (unpaired) electrons. The minimum Gasteiger partial charge on any atom is -0.507 e. The van der Waals surface area contributed by atoms with Gasteiger partial charge >= 0.3 is 0 Å². The normalized spacial score (nSPS) is 25.6. The van der Waals surface area contributed by atoms with E-state index in [-0.39, 0.29) is 11.9 Å². The van der Waals surface area contributed by atoms with E-state index in [0.717, 1.165) is 0 Å². The lowest BCUT2D eigenvalue weighted by Crippen LogP contribution is -2.25. The van der Waals surface area contributed by atoms with Gasteiger partial charge in [-0.05, 0) is 31.6 Å². The molecule has 0 saturated heterocycles. The van der Waals surface area contributed by atoms with Crippen molar-refractivity contribution in [1.82, 2.24) is 0 Å². The molecule has 0 amide bonds. The van der Waals surface area contributed by atoms with E-state index < -0.39 is 6.10 Å². The number of fused-ring (bicyclic) bond motifs is 2. The highest BCUT2D eigenvalue weighted by molar-refractivity contribution is 5.81. The van der Waals surface area contributed by atoms with E-state index in [1.54, 1.807) is 18.2 Å². The maximum atomic E-state index is 10.2. The van der Waals surface area contributed by atoms with E-state index >= 15 is 0 Å². The summed E-state index contributed by atoms with van der Waals surface area (Å²) in [7, 11) is 0. The molecule has 0 aromatic heterocycles. The van der Waals surface area contributed by atoms with Gasteiger partial charge in [0.1, 0.15) is 30.0 Å². The molecule has 1 aromatic rings. The first-order chi connectivity index (χ1) is 9.16. The van der Waals surface area contributed by atoms with Gasteiger partial charge in [-0.3, -0.25) is 0 Å². The first-order valence-corrected chi connectivity index (χ1v) is 6.37. The van der Waals surface area contributed by atoms with Gasteiger partial charge in [-0.15, -0.1) is 0 Å². The second-order valence-corrected chi connectivity index (χ2v) is 4.82. The van der Waals surface area contributed by atoms with Gasteiger partial charge in [0.25, 0.3) is 0 Å². The molecule has 4 nitrogen and oxygen atoms in total. The highest BCUT2D eigenvalue weighted by Gasteiger charge is 2.28. The number of benzene rings is 1. The van der Waals surface area contributed by atoms with Crippen molar-refractivity contribution in [2.45, 2.75) is 25.6 Å². The molecule has 0 bridgehead atoms. The summed E-state index contributed by atoms with van der Waals surface area (Å²) in [6.45, 7) is 2.31. The minimum atomic E-state index is -0.691. The van der Waals surface area contributed by atoms with Gasteiger partial charge < -0.3 is 19.7 Å². The summed E-state index contributed by atoms with van der Waals surface area (Å²) in [5.74, 6) is 1.28. The highest BCUT2D eigenvalue weighted by Crippen LogP contribution is 2.41. The molecule has 0 fully saturated rings. The molecule has 1 aliphatic heterocycles. The van der Waals surface area contributed by atoms with Gasteiger partial charge in [0.15, 0.2) is 0 Å². The van der Waals surface area contributed by atoms with Crippen LogP contribution in [0.4, 0.5) is 0 Å². The summed E-state index contributed by atoms with van der Waals surface area (Å²) in [5, 5.41) is 20.3. The largest absolute Gasteiger partial charge is 0.507 e. The maximum Gasteiger partial charge on any atom is 0.131 e. The lowest BCUT2D eigenvalue weighted by atomic mass is 9.91. The summed E-state index contributed by atoms with van der Waals surface area (Å²) in [5.41, 5.74) is 1.13. The van der Waals surface area contributed by atoms with Crippen molar-refractivity contribution in [3.63, 3.8) is 0 Å². The van der Waals surface area contributed by atoms with Crippen molar-refractivity contribution in [3.8, 4) is 11.5 Å². The van der Waals surface area contributed by atoms with Crippen molar-refractivity contribution < 1.29 is 19.7 Å². The van der Waals surface area contributed by atoms with E-state index in [1.165, 1.54) is 0 Å². The third-order valence-corrected chi connectivity index (χ3v) is 3.30. The SMILES string of the molecule is C[C@@H]1COC2=C(c3c(O)cccc3O1)[C@@H](O)CC=C2. The number of phenolic OH excluding ortho intramolecular Hbond substituents is 1. The molecular weight excluding hydrogens is 244 g/mol. The molecule has 2 N–H and O–H groups in total. The fourth-order valence-corrected chi connectivity index (χ4v) is 2.44. The number of aromatic hydroxyl groups is 1. The second-order valence-electron chi connectivity index (χ2n) is 4.82. The first kappa shape index (κ1) is 12.1. The molecule has 1 aromatic carbocycles. The predicted octanol–water partition coefficient (Wildman–Crippen LogP) is 2.22. The number of rotatable bonds is 0. The van der Waals surface area contributed by atoms with Gasteiger partial charge in [0.05, 0.1) is 11.7 Å². The van der Waals surface area contributed by atoms with E-state index in [4.69, 9.17) is 9.47 Å². The Hall–Kier alpha value is -1.94. The summed E-state index contributed by atoms with van der Waals surface area (Å²) in [6.07, 6.45) is 3.41. The molecule has 2 aliphatic rings. The number of allylic oxidation sites excluding steroid dienone is 1. The zero-order valence-corrected chi connectivity index (χ0v) is 10.7. The third kappa shape index (κ3) is 2.08. The minimum absolute atomic E-state index is 0.0945. The number of aliphatic hydroxyl groups excluding tert-OH is 1. The van der Waals surface area contributed by atoms with Gasteiger partial charge in [-0.1, -0.05) is 12.1 Å². The highest BCUT2D eigenvalue weighted by atomic mass is 16.5. The summed E-state index contributed by atoms with van der Waals surface area (Å²) in [4.78, 5) is 0. The van der Waals surface area contributed by atoms with Crippen LogP contribution in [-0.2, 0) is 4.74 Å². The topological polar surface area (TPSA) is 58.9 Å². The molecule has 1 aliphatic carbocycles. The number of phenols is 1. The molecule has 1 heterocycles. The van der Waals surface area contributed by atoms with Crippen molar-refractivity contribution in [2.75, 3.05) is 6.61 Å². The van der Waals surface area contributed by atoms with Gasteiger partial charge in [0.2, 0.25) is 0 Å². The van der Waals surface area contributed by atoms with Gasteiger partial charge in [-0.25, -0.2) is 0 Å². The van der Waals surface area contributed by atoms with E-state index in [2.05, 4.69) is 0 Å². The van der Waals surface area contributed by atoms with Crippen molar-refractivity contribution >= 4 is 5.57 Å². The number of aliphatic hydroxyl groups is 1. The Morgan fingerprint density at radius 3 is 3.00 bits per heavy atom. The summed E-state index contributed by atoms with van der Waals surface area (Å²) in [6, 6.07) is 5.12. The number of hydrogen-bond donors (Lipinski definition) is 2. The third-order valence-electron chi connectivity index (χ3n) is 3.30. The van der Waals surface area contributed by atoms with Crippen LogP contribution in [0.3, 0.4) is 0 Å². The van der Waals surface area contributed by atoms with Crippen LogP contribution in [0.15, 0.2) is 36.1 Å². The Kier molecular flexibility index (Phi) is 2.95. The molecule has 2 atom stereocenters. The van der Waals surface area contributed by atoms with Gasteiger partial charge in [-0.2, -0.15) is 0 Å². The molecule has 0 unspecified atom stereocenters. The van der Waals surface area contributed by atoms with E-state index in [1.807, 2.05) is 19.1 Å². The number of hydrogen-bond acceptors (Lipinski definition) is 4. The smallest absolute Gasteiger partial charge is 0.131 e. The lowest BCUT2D eigenvalue weighted by Gasteiger charge is -2.28. The molecule has 4 heteroatoms. The monoisotopic (exact) mass is 260 g/mol. The Labute approximate surface area is 111 Å². The van der Waals surface area contributed by atoms with Crippen molar-refractivity contribution in [3.05, 3.63) is 41.7 Å². The van der Waals surface area contributed by atoms with Crippen LogP contribution in [0.1, 0.15) is 18.9 Å². The Morgan fingerprint density at radius 2 is 2.16 bits per heavy atom. The fraction of sp³-hybridized carbons (Fsp3) is 0.333. The fourth-order valence-electron chi connectivity index (χ4n) is 2.44. The molecule has 100 valence electrons. The Morgan fingerprint density at radius 1 is 1.32 bits per heavy atom.